The van der Waals surface area contributed by atoms with Crippen LogP contribution in [-0.4, -0.2) is 43.0 Å². The summed E-state index contributed by atoms with van der Waals surface area (Å²) in [7, 11) is 0. The predicted molar refractivity (Wildman–Crippen MR) is 108 cm³/mol. The van der Waals surface area contributed by atoms with Crippen LogP contribution in [0.25, 0.3) is 0 Å². The second-order valence-electron chi connectivity index (χ2n) is 4.92. The molecule has 0 radical (unpaired) electrons. The molecule has 0 aliphatic heterocycles. The number of aliphatic imine (C=N–C) groups is 1. The van der Waals surface area contributed by atoms with E-state index in [2.05, 4.69) is 32.9 Å². The summed E-state index contributed by atoms with van der Waals surface area (Å²) in [4.78, 5) is 21.2. The number of nitrogens with one attached hydrogen (secondary N) is 3. The number of amides is 1. The number of guanidine groups is 1. The summed E-state index contributed by atoms with van der Waals surface area (Å²) in [5.74, 6) is 0.744. The third-order valence-corrected chi connectivity index (χ3v) is 3.96. The maximum absolute atomic E-state index is 11.9. The molecule has 1 rings (SSSR count). The van der Waals surface area contributed by atoms with Gasteiger partial charge in [0.05, 0.1) is 11.2 Å². The van der Waals surface area contributed by atoms with Crippen LogP contribution in [0.1, 0.15) is 48.5 Å². The minimum atomic E-state index is -0.0633. The zero-order valence-electron chi connectivity index (χ0n) is 14.1. The monoisotopic (exact) mass is 453 g/mol. The summed E-state index contributed by atoms with van der Waals surface area (Å²) in [6.45, 7) is 8.91. The highest BCUT2D eigenvalue weighted by molar-refractivity contribution is 14.0. The van der Waals surface area contributed by atoms with Gasteiger partial charge in [-0.15, -0.1) is 35.3 Å². The van der Waals surface area contributed by atoms with E-state index in [9.17, 15) is 4.79 Å². The van der Waals surface area contributed by atoms with Gasteiger partial charge >= 0.3 is 0 Å². The lowest BCUT2D eigenvalue weighted by Crippen LogP contribution is -2.41. The SMILES string of the molecule is CCCCCN=C(NCC)NCCNC(=O)c1scnc1C.I. The Kier molecular flexibility index (Phi) is 13.0. The van der Waals surface area contributed by atoms with E-state index in [0.717, 1.165) is 31.2 Å². The summed E-state index contributed by atoms with van der Waals surface area (Å²) in [6.07, 6.45) is 3.50. The minimum absolute atomic E-state index is 0. The predicted octanol–water partition coefficient (Wildman–Crippen LogP) is 2.54. The summed E-state index contributed by atoms with van der Waals surface area (Å²) >= 11 is 1.37. The number of aromatic nitrogens is 1. The smallest absolute Gasteiger partial charge is 0.263 e. The first-order valence-electron chi connectivity index (χ1n) is 7.89. The number of thiazole rings is 1. The van der Waals surface area contributed by atoms with Crippen LogP contribution in [0.2, 0.25) is 0 Å². The Bertz CT molecular complexity index is 478. The average Bonchev–Trinajstić information content (AvgIpc) is 2.93. The van der Waals surface area contributed by atoms with Crippen molar-refractivity contribution >= 4 is 47.2 Å². The highest BCUT2D eigenvalue weighted by atomic mass is 127. The minimum Gasteiger partial charge on any atom is -0.357 e. The molecule has 0 unspecified atom stereocenters. The molecule has 3 N–H and O–H groups in total. The van der Waals surface area contributed by atoms with Gasteiger partial charge in [0.2, 0.25) is 0 Å². The number of hydrogen-bond donors (Lipinski definition) is 3. The van der Waals surface area contributed by atoms with Gasteiger partial charge in [0.1, 0.15) is 4.88 Å². The second-order valence-corrected chi connectivity index (χ2v) is 5.77. The van der Waals surface area contributed by atoms with Gasteiger partial charge in [-0.2, -0.15) is 0 Å². The number of carbonyl (C=O) groups is 1. The molecular formula is C15H28IN5OS. The van der Waals surface area contributed by atoms with Crippen molar-refractivity contribution < 1.29 is 4.79 Å². The molecule has 0 atom stereocenters. The molecule has 0 saturated heterocycles. The van der Waals surface area contributed by atoms with Gasteiger partial charge in [0.15, 0.2) is 5.96 Å². The van der Waals surface area contributed by atoms with Crippen molar-refractivity contribution in [1.29, 1.82) is 0 Å². The molecule has 1 aromatic rings. The zero-order valence-corrected chi connectivity index (χ0v) is 17.3. The van der Waals surface area contributed by atoms with E-state index in [1.165, 1.54) is 24.2 Å². The molecule has 1 aromatic heterocycles. The van der Waals surface area contributed by atoms with Crippen molar-refractivity contribution in [3.8, 4) is 0 Å². The molecule has 6 nitrogen and oxygen atoms in total. The van der Waals surface area contributed by atoms with E-state index in [1.54, 1.807) is 5.51 Å². The lowest BCUT2D eigenvalue weighted by atomic mass is 10.2. The summed E-state index contributed by atoms with van der Waals surface area (Å²) in [5, 5.41) is 9.31. The van der Waals surface area contributed by atoms with Crippen LogP contribution in [0.5, 0.6) is 0 Å². The highest BCUT2D eigenvalue weighted by Crippen LogP contribution is 2.10. The van der Waals surface area contributed by atoms with Crippen molar-refractivity contribution in [1.82, 2.24) is 20.9 Å². The number of nitrogens with zero attached hydrogens (tertiary/aromatic N) is 2. The normalized spacial score (nSPS) is 10.8. The molecule has 0 aliphatic carbocycles. The number of rotatable bonds is 9. The Labute approximate surface area is 160 Å². The number of halogens is 1. The molecular weight excluding hydrogens is 425 g/mol. The fraction of sp³-hybridized carbons (Fsp3) is 0.667. The molecule has 8 heteroatoms. The lowest BCUT2D eigenvalue weighted by molar-refractivity contribution is 0.0957. The van der Waals surface area contributed by atoms with Crippen LogP contribution in [0.15, 0.2) is 10.5 Å². The van der Waals surface area contributed by atoms with Crippen LogP contribution in [0, 0.1) is 6.92 Å². The first kappa shape index (κ1) is 22.1. The topological polar surface area (TPSA) is 78.4 Å². The standard InChI is InChI=1S/C15H27N5OS.HI/c1-4-6-7-8-18-15(16-5-2)19-10-9-17-14(21)13-12(3)20-11-22-13;/h11H,4-10H2,1-3H3,(H,17,21)(H2,16,18,19);1H. The fourth-order valence-electron chi connectivity index (χ4n) is 1.85. The molecule has 0 bridgehead atoms. The van der Waals surface area contributed by atoms with Crippen molar-refractivity contribution in [3.05, 3.63) is 16.1 Å². The van der Waals surface area contributed by atoms with E-state index in [4.69, 9.17) is 0 Å². The fourth-order valence-corrected chi connectivity index (χ4v) is 2.57. The largest absolute Gasteiger partial charge is 0.357 e. The maximum Gasteiger partial charge on any atom is 0.263 e. The lowest BCUT2D eigenvalue weighted by Gasteiger charge is -2.11. The average molecular weight is 453 g/mol. The molecule has 0 saturated carbocycles. The van der Waals surface area contributed by atoms with Crippen molar-refractivity contribution in [2.45, 2.75) is 40.0 Å². The van der Waals surface area contributed by atoms with Gasteiger partial charge in [-0.05, 0) is 20.3 Å². The number of hydrogen-bond acceptors (Lipinski definition) is 4. The van der Waals surface area contributed by atoms with E-state index in [1.807, 2.05) is 13.8 Å². The molecule has 23 heavy (non-hydrogen) atoms. The molecule has 1 amide bonds. The Morgan fingerprint density at radius 1 is 1.22 bits per heavy atom. The first-order valence-corrected chi connectivity index (χ1v) is 8.77. The Hall–Kier alpha value is -0.900. The Morgan fingerprint density at radius 3 is 2.57 bits per heavy atom. The number of carbonyl (C=O) groups excluding carboxylic acids is 1. The second kappa shape index (κ2) is 13.5. The third-order valence-electron chi connectivity index (χ3n) is 3.03. The molecule has 0 aromatic carbocycles. The first-order chi connectivity index (χ1) is 10.7. The zero-order chi connectivity index (χ0) is 16.2. The quantitative estimate of drug-likeness (QED) is 0.233. The molecule has 0 spiro atoms. The maximum atomic E-state index is 11.9. The molecule has 0 fully saturated rings. The van der Waals surface area contributed by atoms with Gasteiger partial charge in [0.25, 0.3) is 5.91 Å². The van der Waals surface area contributed by atoms with Crippen LogP contribution in [0.3, 0.4) is 0 Å². The van der Waals surface area contributed by atoms with Crippen LogP contribution in [-0.2, 0) is 0 Å². The summed E-state index contributed by atoms with van der Waals surface area (Å²) < 4.78 is 0. The van der Waals surface area contributed by atoms with Crippen LogP contribution >= 0.6 is 35.3 Å². The summed E-state index contributed by atoms with van der Waals surface area (Å²) in [5.41, 5.74) is 2.47. The van der Waals surface area contributed by atoms with E-state index in [-0.39, 0.29) is 29.9 Å². The highest BCUT2D eigenvalue weighted by Gasteiger charge is 2.10. The van der Waals surface area contributed by atoms with Gasteiger partial charge in [0, 0.05) is 26.2 Å². The Balaban J connectivity index is 0.00000484. The van der Waals surface area contributed by atoms with E-state index < -0.39 is 0 Å². The van der Waals surface area contributed by atoms with Crippen LogP contribution in [0.4, 0.5) is 0 Å². The van der Waals surface area contributed by atoms with Gasteiger partial charge < -0.3 is 16.0 Å². The van der Waals surface area contributed by atoms with Gasteiger partial charge in [-0.3, -0.25) is 9.79 Å². The van der Waals surface area contributed by atoms with Crippen molar-refractivity contribution in [2.75, 3.05) is 26.2 Å². The third kappa shape index (κ3) is 9.09. The van der Waals surface area contributed by atoms with Crippen LogP contribution < -0.4 is 16.0 Å². The van der Waals surface area contributed by atoms with Crippen molar-refractivity contribution in [2.24, 2.45) is 4.99 Å². The number of unbranched alkanes of at least 4 members (excludes halogenated alkanes) is 2. The molecule has 0 aliphatic rings. The molecule has 132 valence electrons. The Morgan fingerprint density at radius 2 is 1.96 bits per heavy atom. The van der Waals surface area contributed by atoms with Crippen molar-refractivity contribution in [3.63, 3.8) is 0 Å². The van der Waals surface area contributed by atoms with Gasteiger partial charge in [-0.1, -0.05) is 19.8 Å². The number of aryl methyl sites for hydroxylation is 1. The van der Waals surface area contributed by atoms with E-state index >= 15 is 0 Å². The van der Waals surface area contributed by atoms with E-state index in [0.29, 0.717) is 18.0 Å². The van der Waals surface area contributed by atoms with Gasteiger partial charge in [-0.25, -0.2) is 4.98 Å². The molecule has 1 heterocycles. The summed E-state index contributed by atoms with van der Waals surface area (Å²) in [6, 6.07) is 0.